The molecule has 1 aliphatic rings. The van der Waals surface area contributed by atoms with E-state index in [0.717, 1.165) is 12.5 Å². The van der Waals surface area contributed by atoms with Gasteiger partial charge in [-0.25, -0.2) is 0 Å². The molecule has 2 N–H and O–H groups in total. The Morgan fingerprint density at radius 1 is 1.16 bits per heavy atom. The fraction of sp³-hybridized carbons (Fsp3) is 0.455. The summed E-state index contributed by atoms with van der Waals surface area (Å²) < 4.78 is 5.32. The molecule has 0 aliphatic heterocycles. The minimum Gasteiger partial charge on any atom is -0.356 e. The third-order valence-electron chi connectivity index (χ3n) is 5.67. The third-order valence-corrected chi connectivity index (χ3v) is 6.78. The smallest absolute Gasteiger partial charge is 0.276 e. The predicted molar refractivity (Wildman–Crippen MR) is 135 cm³/mol. The molecule has 1 aliphatic carbocycles. The molecule has 0 radical (unpaired) electrons. The van der Waals surface area contributed by atoms with Crippen molar-refractivity contribution >= 4 is 41.3 Å². The van der Waals surface area contributed by atoms with Gasteiger partial charge in [-0.05, 0) is 36.4 Å². The van der Waals surface area contributed by atoms with Crippen LogP contribution >= 0.6 is 35.3 Å². The molecule has 4 rings (SSSR count). The van der Waals surface area contributed by atoms with Crippen LogP contribution in [-0.4, -0.2) is 41.2 Å². The van der Waals surface area contributed by atoms with Crippen molar-refractivity contribution in [3.8, 4) is 11.6 Å². The summed E-state index contributed by atoms with van der Waals surface area (Å²) in [6.45, 7) is 1.58. The lowest BCUT2D eigenvalue weighted by Gasteiger charge is -2.37. The molecule has 0 spiro atoms. The van der Waals surface area contributed by atoms with Gasteiger partial charge in [0.15, 0.2) is 11.8 Å². The Morgan fingerprint density at radius 2 is 2.03 bits per heavy atom. The average molecular weight is 552 g/mol. The molecular weight excluding hydrogens is 523 g/mol. The first-order chi connectivity index (χ1) is 14.8. The highest BCUT2D eigenvalue weighted by Crippen LogP contribution is 2.41. The number of aliphatic imine (C=N–C) groups is 1. The number of nitrogens with one attached hydrogen (secondary N) is 2. The molecule has 3 aromatic heterocycles. The van der Waals surface area contributed by atoms with Crippen LogP contribution in [0.1, 0.15) is 42.8 Å². The third kappa shape index (κ3) is 6.03. The van der Waals surface area contributed by atoms with Crippen LogP contribution < -0.4 is 10.6 Å². The zero-order valence-corrected chi connectivity index (χ0v) is 20.9. The first kappa shape index (κ1) is 23.6. The van der Waals surface area contributed by atoms with Crippen LogP contribution in [0.25, 0.3) is 11.6 Å². The number of guanidine groups is 1. The molecule has 166 valence electrons. The molecule has 3 heterocycles. The summed E-state index contributed by atoms with van der Waals surface area (Å²) in [5.74, 6) is 1.91. The molecule has 7 nitrogen and oxygen atoms in total. The summed E-state index contributed by atoms with van der Waals surface area (Å²) in [5, 5.41) is 13.2. The van der Waals surface area contributed by atoms with Crippen LogP contribution in [0.2, 0.25) is 0 Å². The van der Waals surface area contributed by atoms with E-state index in [1.54, 1.807) is 6.20 Å². The maximum atomic E-state index is 5.32. The highest BCUT2D eigenvalue weighted by molar-refractivity contribution is 14.0. The first-order valence-corrected chi connectivity index (χ1v) is 11.4. The van der Waals surface area contributed by atoms with Crippen molar-refractivity contribution in [2.75, 3.05) is 20.1 Å². The summed E-state index contributed by atoms with van der Waals surface area (Å²) >= 11 is 1.87. The monoisotopic (exact) mass is 552 g/mol. The highest BCUT2D eigenvalue weighted by Gasteiger charge is 2.34. The van der Waals surface area contributed by atoms with E-state index < -0.39 is 0 Å². The van der Waals surface area contributed by atoms with Gasteiger partial charge in [-0.2, -0.15) is 4.98 Å². The number of rotatable bonds is 7. The molecule has 31 heavy (non-hydrogen) atoms. The molecule has 3 aromatic rings. The Morgan fingerprint density at radius 3 is 2.74 bits per heavy atom. The fourth-order valence-electron chi connectivity index (χ4n) is 4.03. The number of halogens is 1. The highest BCUT2D eigenvalue weighted by atomic mass is 127. The largest absolute Gasteiger partial charge is 0.356 e. The van der Waals surface area contributed by atoms with Crippen LogP contribution in [0.5, 0.6) is 0 Å². The summed E-state index contributed by atoms with van der Waals surface area (Å²) in [6, 6.07) is 10.1. The van der Waals surface area contributed by atoms with Gasteiger partial charge in [-0.15, -0.1) is 35.3 Å². The standard InChI is InChI=1S/C22H28N6OS.HI/c1-23-21(26-16-22(11-4-2-5-12-22)18-9-7-15-30-18)25-14-10-19-27-20(29-28-19)17-8-3-6-13-24-17;/h3,6-9,13,15H,2,4-5,10-12,14,16H2,1H3,(H2,23,25,26);1H. The van der Waals surface area contributed by atoms with Gasteiger partial charge in [0.2, 0.25) is 0 Å². The lowest BCUT2D eigenvalue weighted by Crippen LogP contribution is -2.46. The van der Waals surface area contributed by atoms with E-state index in [0.29, 0.717) is 30.4 Å². The van der Waals surface area contributed by atoms with Gasteiger partial charge in [0, 0.05) is 43.0 Å². The van der Waals surface area contributed by atoms with Gasteiger partial charge in [-0.1, -0.05) is 36.6 Å². The van der Waals surface area contributed by atoms with Crippen molar-refractivity contribution in [3.05, 3.63) is 52.6 Å². The molecule has 1 saturated carbocycles. The van der Waals surface area contributed by atoms with Crippen LogP contribution in [-0.2, 0) is 11.8 Å². The van der Waals surface area contributed by atoms with E-state index >= 15 is 0 Å². The van der Waals surface area contributed by atoms with E-state index in [1.165, 1.54) is 37.0 Å². The Labute approximate surface area is 204 Å². The second-order valence-corrected chi connectivity index (χ2v) is 8.60. The van der Waals surface area contributed by atoms with Crippen molar-refractivity contribution < 1.29 is 4.52 Å². The van der Waals surface area contributed by atoms with Crippen LogP contribution in [0.3, 0.4) is 0 Å². The molecule has 0 bridgehead atoms. The summed E-state index contributed by atoms with van der Waals surface area (Å²) in [7, 11) is 1.81. The normalized spacial score (nSPS) is 15.8. The second kappa shape index (κ2) is 11.6. The number of pyridine rings is 1. The van der Waals surface area contributed by atoms with Gasteiger partial charge in [0.05, 0.1) is 0 Å². The van der Waals surface area contributed by atoms with Gasteiger partial charge in [0.25, 0.3) is 5.89 Å². The van der Waals surface area contributed by atoms with Crippen LogP contribution in [0, 0.1) is 0 Å². The molecule has 0 aromatic carbocycles. The van der Waals surface area contributed by atoms with Crippen LogP contribution in [0.15, 0.2) is 51.4 Å². The zero-order chi connectivity index (χ0) is 20.7. The Hall–Kier alpha value is -2.01. The predicted octanol–water partition coefficient (Wildman–Crippen LogP) is 4.42. The molecule has 0 atom stereocenters. The van der Waals surface area contributed by atoms with Crippen molar-refractivity contribution in [3.63, 3.8) is 0 Å². The molecular formula is C22H29IN6OS. The Balaban J connectivity index is 0.00000272. The lowest BCUT2D eigenvalue weighted by atomic mass is 9.73. The van der Waals surface area contributed by atoms with E-state index in [-0.39, 0.29) is 29.4 Å². The van der Waals surface area contributed by atoms with Gasteiger partial charge in [-0.3, -0.25) is 9.98 Å². The van der Waals surface area contributed by atoms with Crippen LogP contribution in [0.4, 0.5) is 0 Å². The maximum absolute atomic E-state index is 5.32. The number of nitrogens with zero attached hydrogens (tertiary/aromatic N) is 4. The maximum Gasteiger partial charge on any atom is 0.276 e. The minimum atomic E-state index is 0. The zero-order valence-electron chi connectivity index (χ0n) is 17.7. The summed E-state index contributed by atoms with van der Waals surface area (Å²) in [6.07, 6.45) is 8.75. The van der Waals surface area contributed by atoms with E-state index in [1.807, 2.05) is 36.6 Å². The molecule has 9 heteroatoms. The number of hydrogen-bond acceptors (Lipinski definition) is 6. The SMILES string of the molecule is CN=C(NCCc1noc(-c2ccccn2)n1)NCC1(c2cccs2)CCCCC1.I. The molecule has 0 saturated heterocycles. The number of thiophene rings is 1. The quantitative estimate of drug-likeness (QED) is 0.256. The van der Waals surface area contributed by atoms with Crippen molar-refractivity contribution in [1.82, 2.24) is 25.8 Å². The molecule has 0 unspecified atom stereocenters. The second-order valence-electron chi connectivity index (χ2n) is 7.65. The molecule has 0 amide bonds. The topological polar surface area (TPSA) is 88.2 Å². The van der Waals surface area contributed by atoms with E-state index in [4.69, 9.17) is 4.52 Å². The number of hydrogen-bond donors (Lipinski definition) is 2. The van der Waals surface area contributed by atoms with Crippen molar-refractivity contribution in [1.29, 1.82) is 0 Å². The number of aromatic nitrogens is 3. The first-order valence-electron chi connectivity index (χ1n) is 10.5. The average Bonchev–Trinajstić information content (AvgIpc) is 3.50. The van der Waals surface area contributed by atoms with Crippen molar-refractivity contribution in [2.45, 2.75) is 43.9 Å². The molecule has 1 fully saturated rings. The minimum absolute atomic E-state index is 0. The van der Waals surface area contributed by atoms with Gasteiger partial charge in [0.1, 0.15) is 5.69 Å². The van der Waals surface area contributed by atoms with Gasteiger partial charge < -0.3 is 15.2 Å². The van der Waals surface area contributed by atoms with Crippen molar-refractivity contribution in [2.24, 2.45) is 4.99 Å². The van der Waals surface area contributed by atoms with E-state index in [2.05, 4.69) is 48.3 Å². The van der Waals surface area contributed by atoms with Gasteiger partial charge >= 0.3 is 0 Å². The Kier molecular flexibility index (Phi) is 8.82. The lowest BCUT2D eigenvalue weighted by molar-refractivity contribution is 0.296. The summed E-state index contributed by atoms with van der Waals surface area (Å²) in [5.41, 5.74) is 0.906. The Bertz CT molecular complexity index is 938. The fourth-order valence-corrected chi connectivity index (χ4v) is 5.02. The summed E-state index contributed by atoms with van der Waals surface area (Å²) in [4.78, 5) is 14.5. The van der Waals surface area contributed by atoms with E-state index in [9.17, 15) is 0 Å².